The molecule has 0 radical (unpaired) electrons. The average molecular weight is 353 g/mol. The SMILES string of the molecule is COC(=O)C(=CC=Cc1cc2cc(Cl)c(Cl)cc2[nH]1)NC(C)=O. The monoisotopic (exact) mass is 352 g/mol. The highest BCUT2D eigenvalue weighted by molar-refractivity contribution is 6.42. The van der Waals surface area contributed by atoms with Crippen molar-refractivity contribution in [2.45, 2.75) is 6.92 Å². The Bertz CT molecular complexity index is 783. The standard InChI is InChI=1S/C16H14Cl2N2O3/c1-9(21)19-14(16(22)23-2)5-3-4-11-6-10-7-12(17)13(18)8-15(10)20-11/h3-8,20H,1-2H3,(H,19,21). The maximum Gasteiger partial charge on any atom is 0.354 e. The number of carbonyl (C=O) groups is 2. The zero-order chi connectivity index (χ0) is 17.0. The van der Waals surface area contributed by atoms with E-state index in [2.05, 4.69) is 15.0 Å². The summed E-state index contributed by atoms with van der Waals surface area (Å²) >= 11 is 11.9. The molecule has 0 fully saturated rings. The minimum atomic E-state index is -0.625. The number of carbonyl (C=O) groups excluding carboxylic acids is 2. The Morgan fingerprint density at radius 1 is 1.22 bits per heavy atom. The van der Waals surface area contributed by atoms with Crippen LogP contribution in [-0.2, 0) is 14.3 Å². The van der Waals surface area contributed by atoms with Gasteiger partial charge < -0.3 is 15.0 Å². The second-order valence-corrected chi connectivity index (χ2v) is 5.50. The zero-order valence-electron chi connectivity index (χ0n) is 12.4. The van der Waals surface area contributed by atoms with Gasteiger partial charge in [0.05, 0.1) is 17.2 Å². The molecule has 23 heavy (non-hydrogen) atoms. The van der Waals surface area contributed by atoms with Crippen molar-refractivity contribution >= 4 is 52.1 Å². The average Bonchev–Trinajstić information content (AvgIpc) is 2.87. The number of rotatable bonds is 4. The molecule has 7 heteroatoms. The molecule has 0 aliphatic carbocycles. The highest BCUT2D eigenvalue weighted by Crippen LogP contribution is 2.28. The van der Waals surface area contributed by atoms with Gasteiger partial charge >= 0.3 is 5.97 Å². The Hall–Kier alpha value is -2.24. The number of allylic oxidation sites excluding steroid dienone is 2. The molecule has 0 aliphatic heterocycles. The van der Waals surface area contributed by atoms with Crippen LogP contribution >= 0.6 is 23.2 Å². The van der Waals surface area contributed by atoms with Crippen molar-refractivity contribution in [2.24, 2.45) is 0 Å². The molecule has 1 aromatic carbocycles. The van der Waals surface area contributed by atoms with Crippen molar-refractivity contribution in [3.63, 3.8) is 0 Å². The first-order valence-corrected chi connectivity index (χ1v) is 7.38. The van der Waals surface area contributed by atoms with Gasteiger partial charge in [0.1, 0.15) is 5.70 Å². The number of halogens is 2. The van der Waals surface area contributed by atoms with Gasteiger partial charge in [-0.25, -0.2) is 4.79 Å². The maximum absolute atomic E-state index is 11.5. The predicted molar refractivity (Wildman–Crippen MR) is 91.3 cm³/mol. The van der Waals surface area contributed by atoms with Crippen molar-refractivity contribution in [3.05, 3.63) is 51.8 Å². The molecular weight excluding hydrogens is 339 g/mol. The van der Waals surface area contributed by atoms with Crippen LogP contribution < -0.4 is 5.32 Å². The lowest BCUT2D eigenvalue weighted by molar-refractivity contribution is -0.137. The summed E-state index contributed by atoms with van der Waals surface area (Å²) < 4.78 is 4.60. The predicted octanol–water partition coefficient (Wildman–Crippen LogP) is 3.68. The lowest BCUT2D eigenvalue weighted by Crippen LogP contribution is -2.25. The van der Waals surface area contributed by atoms with Gasteiger partial charge in [-0.05, 0) is 30.4 Å². The fourth-order valence-corrected chi connectivity index (χ4v) is 2.28. The minimum Gasteiger partial charge on any atom is -0.464 e. The van der Waals surface area contributed by atoms with Gasteiger partial charge in [-0.2, -0.15) is 0 Å². The zero-order valence-corrected chi connectivity index (χ0v) is 14.0. The number of amides is 1. The molecule has 2 aromatic rings. The number of aromatic nitrogens is 1. The highest BCUT2D eigenvalue weighted by Gasteiger charge is 2.09. The normalized spacial score (nSPS) is 11.9. The van der Waals surface area contributed by atoms with Gasteiger partial charge in [-0.3, -0.25) is 4.79 Å². The molecule has 2 N–H and O–H groups in total. The third kappa shape index (κ3) is 4.37. The van der Waals surface area contributed by atoms with Gasteiger partial charge in [0.2, 0.25) is 5.91 Å². The fourth-order valence-electron chi connectivity index (χ4n) is 1.95. The number of hydrogen-bond donors (Lipinski definition) is 2. The van der Waals surface area contributed by atoms with E-state index in [-0.39, 0.29) is 11.6 Å². The summed E-state index contributed by atoms with van der Waals surface area (Å²) in [6.45, 7) is 1.31. The van der Waals surface area contributed by atoms with Crippen LogP contribution in [0.5, 0.6) is 0 Å². The molecule has 5 nitrogen and oxygen atoms in total. The van der Waals surface area contributed by atoms with E-state index in [4.69, 9.17) is 23.2 Å². The molecule has 0 unspecified atom stereocenters. The summed E-state index contributed by atoms with van der Waals surface area (Å²) in [5.74, 6) is -0.981. The van der Waals surface area contributed by atoms with Crippen molar-refractivity contribution in [3.8, 4) is 0 Å². The van der Waals surface area contributed by atoms with Gasteiger partial charge in [0, 0.05) is 23.5 Å². The molecule has 0 aliphatic rings. The molecule has 1 aromatic heterocycles. The molecule has 120 valence electrons. The van der Waals surface area contributed by atoms with Gasteiger partial charge in [0.25, 0.3) is 0 Å². The Morgan fingerprint density at radius 3 is 2.57 bits per heavy atom. The van der Waals surface area contributed by atoms with Crippen molar-refractivity contribution in [2.75, 3.05) is 7.11 Å². The number of nitrogens with one attached hydrogen (secondary N) is 2. The minimum absolute atomic E-state index is 0.0541. The quantitative estimate of drug-likeness (QED) is 0.500. The van der Waals surface area contributed by atoms with Crippen LogP contribution in [0.4, 0.5) is 0 Å². The maximum atomic E-state index is 11.5. The second kappa shape index (κ2) is 7.35. The van der Waals surface area contributed by atoms with Crippen molar-refractivity contribution in [1.29, 1.82) is 0 Å². The number of H-pyrrole nitrogens is 1. The fraction of sp³-hybridized carbons (Fsp3) is 0.125. The van der Waals surface area contributed by atoms with Crippen LogP contribution in [0.2, 0.25) is 10.0 Å². The number of hydrogen-bond acceptors (Lipinski definition) is 3. The lowest BCUT2D eigenvalue weighted by Gasteiger charge is -2.03. The summed E-state index contributed by atoms with van der Waals surface area (Å²) in [6, 6.07) is 5.39. The van der Waals surface area contributed by atoms with E-state index in [0.717, 1.165) is 16.6 Å². The van der Waals surface area contributed by atoms with Crippen molar-refractivity contribution < 1.29 is 14.3 Å². The van der Waals surface area contributed by atoms with Crippen LogP contribution in [0.25, 0.3) is 17.0 Å². The molecule has 0 bridgehead atoms. The Labute approximate surface area is 142 Å². The first kappa shape index (κ1) is 17.1. The van der Waals surface area contributed by atoms with Crippen LogP contribution in [0.1, 0.15) is 12.6 Å². The highest BCUT2D eigenvalue weighted by atomic mass is 35.5. The number of fused-ring (bicyclic) bond motifs is 1. The van der Waals surface area contributed by atoms with E-state index in [1.54, 1.807) is 24.3 Å². The number of benzene rings is 1. The van der Waals surface area contributed by atoms with E-state index in [1.165, 1.54) is 20.1 Å². The van der Waals surface area contributed by atoms with E-state index in [0.29, 0.717) is 10.0 Å². The molecule has 0 saturated heterocycles. The molecule has 1 heterocycles. The summed E-state index contributed by atoms with van der Waals surface area (Å²) in [6.07, 6.45) is 4.82. The molecule has 0 saturated carbocycles. The summed E-state index contributed by atoms with van der Waals surface area (Å²) in [5, 5.41) is 4.27. The lowest BCUT2D eigenvalue weighted by atomic mass is 10.2. The van der Waals surface area contributed by atoms with E-state index in [1.807, 2.05) is 6.07 Å². The van der Waals surface area contributed by atoms with Crippen molar-refractivity contribution in [1.82, 2.24) is 10.3 Å². The largest absolute Gasteiger partial charge is 0.464 e. The number of methoxy groups -OCH3 is 1. The Morgan fingerprint density at radius 2 is 1.91 bits per heavy atom. The topological polar surface area (TPSA) is 71.2 Å². The first-order valence-electron chi connectivity index (χ1n) is 6.62. The third-order valence-corrected chi connectivity index (χ3v) is 3.66. The van der Waals surface area contributed by atoms with Gasteiger partial charge in [-0.15, -0.1) is 0 Å². The molecular formula is C16H14Cl2N2O3. The number of aromatic amines is 1. The van der Waals surface area contributed by atoms with Crippen LogP contribution in [-0.4, -0.2) is 24.0 Å². The summed E-state index contributed by atoms with van der Waals surface area (Å²) in [5.41, 5.74) is 1.69. The van der Waals surface area contributed by atoms with Gasteiger partial charge in [0.15, 0.2) is 0 Å². The molecule has 0 spiro atoms. The molecule has 0 atom stereocenters. The van der Waals surface area contributed by atoms with Crippen LogP contribution in [0.3, 0.4) is 0 Å². The summed E-state index contributed by atoms with van der Waals surface area (Å²) in [4.78, 5) is 25.8. The van der Waals surface area contributed by atoms with E-state index < -0.39 is 5.97 Å². The number of esters is 1. The second-order valence-electron chi connectivity index (χ2n) is 4.69. The molecule has 2 rings (SSSR count). The number of ether oxygens (including phenoxy) is 1. The Kier molecular flexibility index (Phi) is 5.47. The third-order valence-electron chi connectivity index (χ3n) is 2.94. The van der Waals surface area contributed by atoms with E-state index >= 15 is 0 Å². The summed E-state index contributed by atoms with van der Waals surface area (Å²) in [7, 11) is 1.24. The van der Waals surface area contributed by atoms with E-state index in [9.17, 15) is 9.59 Å². The molecule has 1 amide bonds. The van der Waals surface area contributed by atoms with Crippen LogP contribution in [0, 0.1) is 0 Å². The Balaban J connectivity index is 2.25. The smallest absolute Gasteiger partial charge is 0.354 e. The first-order chi connectivity index (χ1) is 10.9. The van der Waals surface area contributed by atoms with Crippen LogP contribution in [0.15, 0.2) is 36.0 Å². The van der Waals surface area contributed by atoms with Gasteiger partial charge in [-0.1, -0.05) is 29.3 Å².